The number of hydrogen-bond acceptors (Lipinski definition) is 4. The smallest absolute Gasteiger partial charge is 0.339 e. The van der Waals surface area contributed by atoms with Crippen molar-refractivity contribution in [2.24, 2.45) is 0 Å². The second-order valence-electron chi connectivity index (χ2n) is 6.67. The molecule has 1 saturated carbocycles. The molecular formula is C21H23ClN2O3. The van der Waals surface area contributed by atoms with Crippen molar-refractivity contribution in [2.45, 2.75) is 44.6 Å². The SMILES string of the molecule is CCC(=O)N(c1ccc(C(=O)OC)cn1)C1CCCC1c1cccc(Cl)c1. The predicted molar refractivity (Wildman–Crippen MR) is 105 cm³/mol. The molecule has 1 aromatic heterocycles. The lowest BCUT2D eigenvalue weighted by Crippen LogP contribution is -2.42. The molecule has 6 heteroatoms. The number of methoxy groups -OCH3 is 1. The summed E-state index contributed by atoms with van der Waals surface area (Å²) in [5, 5.41) is 0.701. The van der Waals surface area contributed by atoms with Gasteiger partial charge >= 0.3 is 5.97 Å². The molecule has 1 fully saturated rings. The number of anilines is 1. The second kappa shape index (κ2) is 8.53. The van der Waals surface area contributed by atoms with E-state index in [2.05, 4.69) is 11.1 Å². The van der Waals surface area contributed by atoms with Gasteiger partial charge in [0.25, 0.3) is 0 Å². The van der Waals surface area contributed by atoms with Crippen molar-refractivity contribution < 1.29 is 14.3 Å². The van der Waals surface area contributed by atoms with Gasteiger partial charge in [0.2, 0.25) is 5.91 Å². The van der Waals surface area contributed by atoms with E-state index >= 15 is 0 Å². The Morgan fingerprint density at radius 3 is 2.70 bits per heavy atom. The molecule has 0 spiro atoms. The van der Waals surface area contributed by atoms with Crippen LogP contribution >= 0.6 is 11.6 Å². The normalized spacial score (nSPS) is 18.9. The van der Waals surface area contributed by atoms with Crippen LogP contribution in [0.2, 0.25) is 5.02 Å². The molecule has 2 unspecified atom stereocenters. The van der Waals surface area contributed by atoms with Gasteiger partial charge in [-0.3, -0.25) is 9.69 Å². The largest absolute Gasteiger partial charge is 0.465 e. The van der Waals surface area contributed by atoms with Gasteiger partial charge in [0.05, 0.1) is 12.7 Å². The summed E-state index contributed by atoms with van der Waals surface area (Å²) in [4.78, 5) is 30.6. The van der Waals surface area contributed by atoms with Crippen LogP contribution in [0.5, 0.6) is 0 Å². The molecule has 0 bridgehead atoms. The predicted octanol–water partition coefficient (Wildman–Crippen LogP) is 4.60. The van der Waals surface area contributed by atoms with Gasteiger partial charge in [-0.05, 0) is 42.7 Å². The van der Waals surface area contributed by atoms with E-state index in [4.69, 9.17) is 16.3 Å². The fourth-order valence-electron chi connectivity index (χ4n) is 3.80. The van der Waals surface area contributed by atoms with E-state index in [9.17, 15) is 9.59 Å². The maximum absolute atomic E-state index is 12.8. The van der Waals surface area contributed by atoms with E-state index in [1.165, 1.54) is 13.3 Å². The summed E-state index contributed by atoms with van der Waals surface area (Å²) >= 11 is 6.18. The van der Waals surface area contributed by atoms with Crippen molar-refractivity contribution in [3.63, 3.8) is 0 Å². The fourth-order valence-corrected chi connectivity index (χ4v) is 3.99. The highest BCUT2D eigenvalue weighted by Crippen LogP contribution is 2.40. The highest BCUT2D eigenvalue weighted by Gasteiger charge is 2.36. The minimum Gasteiger partial charge on any atom is -0.465 e. The number of halogens is 1. The Morgan fingerprint density at radius 1 is 1.26 bits per heavy atom. The number of pyridine rings is 1. The number of nitrogens with zero attached hydrogens (tertiary/aromatic N) is 2. The first-order valence-electron chi connectivity index (χ1n) is 9.17. The van der Waals surface area contributed by atoms with E-state index < -0.39 is 5.97 Å². The summed E-state index contributed by atoms with van der Waals surface area (Å²) in [7, 11) is 1.33. The van der Waals surface area contributed by atoms with Crippen molar-refractivity contribution in [1.82, 2.24) is 4.98 Å². The quantitative estimate of drug-likeness (QED) is 0.704. The number of benzene rings is 1. The third-order valence-electron chi connectivity index (χ3n) is 5.07. The van der Waals surface area contributed by atoms with Crippen molar-refractivity contribution in [3.8, 4) is 0 Å². The molecule has 1 aromatic carbocycles. The Balaban J connectivity index is 1.94. The van der Waals surface area contributed by atoms with Crippen LogP contribution in [0, 0.1) is 0 Å². The van der Waals surface area contributed by atoms with Crippen molar-refractivity contribution >= 4 is 29.3 Å². The minimum absolute atomic E-state index is 0.0206. The molecule has 142 valence electrons. The van der Waals surface area contributed by atoms with Gasteiger partial charge in [-0.1, -0.05) is 37.1 Å². The average molecular weight is 387 g/mol. The van der Waals surface area contributed by atoms with Gasteiger partial charge in [0.1, 0.15) is 5.82 Å². The molecule has 0 radical (unpaired) electrons. The lowest BCUT2D eigenvalue weighted by Gasteiger charge is -2.32. The number of rotatable bonds is 5. The molecule has 0 N–H and O–H groups in total. The zero-order valence-electron chi connectivity index (χ0n) is 15.5. The summed E-state index contributed by atoms with van der Waals surface area (Å²) in [6.07, 6.45) is 4.79. The van der Waals surface area contributed by atoms with Crippen LogP contribution in [0.25, 0.3) is 0 Å². The number of amides is 1. The number of carbonyl (C=O) groups excluding carboxylic acids is 2. The van der Waals surface area contributed by atoms with Gasteiger partial charge in [-0.25, -0.2) is 9.78 Å². The van der Waals surface area contributed by atoms with Gasteiger partial charge in [0, 0.05) is 29.6 Å². The Hall–Kier alpha value is -2.40. The van der Waals surface area contributed by atoms with Crippen molar-refractivity contribution in [3.05, 3.63) is 58.7 Å². The number of aromatic nitrogens is 1. The van der Waals surface area contributed by atoms with Crippen LogP contribution < -0.4 is 4.90 Å². The minimum atomic E-state index is -0.444. The Kier molecular flexibility index (Phi) is 6.11. The van der Waals surface area contributed by atoms with E-state index in [0.29, 0.717) is 22.8 Å². The van der Waals surface area contributed by atoms with Crippen LogP contribution in [0.15, 0.2) is 42.6 Å². The lowest BCUT2D eigenvalue weighted by molar-refractivity contribution is -0.118. The standard InChI is InChI=1S/C21H23ClN2O3/c1-3-20(25)24(19-11-10-15(13-23-19)21(26)27-2)18-9-5-8-17(18)14-6-4-7-16(22)12-14/h4,6-7,10-13,17-18H,3,5,8-9H2,1-2H3. The molecule has 0 aliphatic heterocycles. The van der Waals surface area contributed by atoms with Crippen LogP contribution in [-0.2, 0) is 9.53 Å². The summed E-state index contributed by atoms with van der Waals surface area (Å²) < 4.78 is 4.72. The van der Waals surface area contributed by atoms with E-state index in [1.54, 1.807) is 17.0 Å². The summed E-state index contributed by atoms with van der Waals surface area (Å²) in [5.41, 5.74) is 1.51. The highest BCUT2D eigenvalue weighted by molar-refractivity contribution is 6.30. The molecule has 1 heterocycles. The lowest BCUT2D eigenvalue weighted by atomic mass is 9.92. The first kappa shape index (κ1) is 19.4. The maximum Gasteiger partial charge on any atom is 0.339 e. The van der Waals surface area contributed by atoms with Crippen molar-refractivity contribution in [2.75, 3.05) is 12.0 Å². The number of carbonyl (C=O) groups is 2. The molecule has 1 aliphatic carbocycles. The highest BCUT2D eigenvalue weighted by atomic mass is 35.5. The molecular weight excluding hydrogens is 364 g/mol. The zero-order valence-corrected chi connectivity index (χ0v) is 16.3. The Labute approximate surface area is 164 Å². The zero-order chi connectivity index (χ0) is 19.4. The molecule has 2 atom stereocenters. The van der Waals surface area contributed by atoms with Gasteiger partial charge < -0.3 is 4.74 Å². The molecule has 5 nitrogen and oxygen atoms in total. The third kappa shape index (κ3) is 4.14. The number of ether oxygens (including phenoxy) is 1. The summed E-state index contributed by atoms with van der Waals surface area (Å²) in [6.45, 7) is 1.85. The second-order valence-corrected chi connectivity index (χ2v) is 7.11. The first-order chi connectivity index (χ1) is 13.0. The molecule has 2 aromatic rings. The molecule has 1 amide bonds. The van der Waals surface area contributed by atoms with E-state index in [1.807, 2.05) is 25.1 Å². The fraction of sp³-hybridized carbons (Fsp3) is 0.381. The van der Waals surface area contributed by atoms with Crippen molar-refractivity contribution in [1.29, 1.82) is 0 Å². The maximum atomic E-state index is 12.8. The van der Waals surface area contributed by atoms with Crippen LogP contribution in [0.4, 0.5) is 5.82 Å². The molecule has 3 rings (SSSR count). The molecule has 27 heavy (non-hydrogen) atoms. The van der Waals surface area contributed by atoms with Gasteiger partial charge in [-0.15, -0.1) is 0 Å². The third-order valence-corrected chi connectivity index (χ3v) is 5.31. The van der Waals surface area contributed by atoms with Crippen LogP contribution in [0.1, 0.15) is 54.4 Å². The Bertz CT molecular complexity index is 822. The topological polar surface area (TPSA) is 59.5 Å². The number of esters is 1. The van der Waals surface area contributed by atoms with Crippen LogP contribution in [-0.4, -0.2) is 30.0 Å². The molecule has 1 aliphatic rings. The average Bonchev–Trinajstić information content (AvgIpc) is 3.17. The van der Waals surface area contributed by atoms with E-state index in [-0.39, 0.29) is 17.9 Å². The summed E-state index contributed by atoms with van der Waals surface area (Å²) in [6, 6.07) is 11.2. The molecule has 0 saturated heterocycles. The van der Waals surface area contributed by atoms with E-state index in [0.717, 1.165) is 24.8 Å². The first-order valence-corrected chi connectivity index (χ1v) is 9.54. The monoisotopic (exact) mass is 386 g/mol. The number of hydrogen-bond donors (Lipinski definition) is 0. The van der Waals surface area contributed by atoms with Crippen LogP contribution in [0.3, 0.4) is 0 Å². The Morgan fingerprint density at radius 2 is 2.07 bits per heavy atom. The van der Waals surface area contributed by atoms with Gasteiger partial charge in [0.15, 0.2) is 0 Å². The summed E-state index contributed by atoms with van der Waals surface area (Å²) in [5.74, 6) is 0.349. The van der Waals surface area contributed by atoms with Gasteiger partial charge in [-0.2, -0.15) is 0 Å².